The molecule has 0 radical (unpaired) electrons. The Hall–Kier alpha value is -2.42. The van der Waals surface area contributed by atoms with Gasteiger partial charge < -0.3 is 9.84 Å². The Morgan fingerprint density at radius 1 is 1.41 bits per heavy atom. The van der Waals surface area contributed by atoms with Crippen LogP contribution in [0.15, 0.2) is 24.3 Å². The molecule has 0 saturated heterocycles. The molecule has 0 aliphatic carbocycles. The van der Waals surface area contributed by atoms with E-state index in [-0.39, 0.29) is 23.7 Å². The van der Waals surface area contributed by atoms with Crippen LogP contribution in [0.5, 0.6) is 0 Å². The maximum absolute atomic E-state index is 12.8. The van der Waals surface area contributed by atoms with Crippen molar-refractivity contribution in [2.24, 2.45) is 0 Å². The zero-order chi connectivity index (χ0) is 16.3. The molecule has 9 heteroatoms. The van der Waals surface area contributed by atoms with E-state index >= 15 is 0 Å². The molecule has 2 rings (SSSR count). The van der Waals surface area contributed by atoms with Crippen LogP contribution < -0.4 is 0 Å². The molecule has 0 bridgehead atoms. The Morgan fingerprint density at radius 2 is 2.14 bits per heavy atom. The highest BCUT2D eigenvalue weighted by Crippen LogP contribution is 2.30. The average Bonchev–Trinajstić information content (AvgIpc) is 2.88. The molecule has 6 nitrogen and oxygen atoms in total. The number of ether oxygens (including phenoxy) is 1. The highest BCUT2D eigenvalue weighted by molar-refractivity contribution is 5.86. The van der Waals surface area contributed by atoms with Crippen molar-refractivity contribution < 1.29 is 27.8 Å². The van der Waals surface area contributed by atoms with Gasteiger partial charge in [0.25, 0.3) is 0 Å². The summed E-state index contributed by atoms with van der Waals surface area (Å²) in [7, 11) is 0. The fraction of sp³-hybridized carbons (Fsp3) is 0.308. The number of nitrogens with zero attached hydrogens (tertiary/aromatic N) is 3. The minimum atomic E-state index is -4.51. The Morgan fingerprint density at radius 3 is 2.73 bits per heavy atom. The van der Waals surface area contributed by atoms with Gasteiger partial charge in [-0.05, 0) is 25.1 Å². The summed E-state index contributed by atoms with van der Waals surface area (Å²) in [5.41, 5.74) is -1.08. The Balaban J connectivity index is 2.50. The van der Waals surface area contributed by atoms with Gasteiger partial charge in [-0.3, -0.25) is 0 Å². The molecule has 0 fully saturated rings. The molecule has 118 valence electrons. The minimum absolute atomic E-state index is 0.0597. The van der Waals surface area contributed by atoms with Crippen molar-refractivity contribution in [1.82, 2.24) is 15.0 Å². The van der Waals surface area contributed by atoms with Gasteiger partial charge in [0.15, 0.2) is 5.69 Å². The van der Waals surface area contributed by atoms with E-state index in [1.54, 1.807) is 6.92 Å². The molecule has 0 amide bonds. The van der Waals surface area contributed by atoms with Crippen LogP contribution in [0, 0.1) is 0 Å². The van der Waals surface area contributed by atoms with Gasteiger partial charge in [0.2, 0.25) is 0 Å². The predicted molar refractivity (Wildman–Crippen MR) is 68.7 cm³/mol. The third kappa shape index (κ3) is 3.25. The van der Waals surface area contributed by atoms with Gasteiger partial charge in [-0.15, -0.1) is 5.10 Å². The SMILES string of the molecule is CCOCc1c(C(=O)O)nnn1-c1cccc(C(F)(F)F)c1. The van der Waals surface area contributed by atoms with E-state index in [0.29, 0.717) is 6.61 Å². The monoisotopic (exact) mass is 315 g/mol. The molecule has 1 aromatic carbocycles. The lowest BCUT2D eigenvalue weighted by molar-refractivity contribution is -0.137. The third-order valence-corrected chi connectivity index (χ3v) is 2.83. The van der Waals surface area contributed by atoms with E-state index in [1.165, 1.54) is 12.1 Å². The van der Waals surface area contributed by atoms with Crippen molar-refractivity contribution in [3.63, 3.8) is 0 Å². The topological polar surface area (TPSA) is 77.2 Å². The van der Waals surface area contributed by atoms with Gasteiger partial charge in [0, 0.05) is 6.61 Å². The fourth-order valence-corrected chi connectivity index (χ4v) is 1.82. The number of carboxylic acid groups (broad SMARTS) is 1. The van der Waals surface area contributed by atoms with Crippen LogP contribution in [-0.2, 0) is 17.5 Å². The number of aromatic carboxylic acids is 1. The van der Waals surface area contributed by atoms with Gasteiger partial charge in [-0.1, -0.05) is 11.3 Å². The first kappa shape index (κ1) is 16.0. The molecule has 0 aliphatic rings. The van der Waals surface area contributed by atoms with E-state index < -0.39 is 17.7 Å². The number of aromatic nitrogens is 3. The highest BCUT2D eigenvalue weighted by atomic mass is 19.4. The molecular formula is C13H12F3N3O3. The summed E-state index contributed by atoms with van der Waals surface area (Å²) < 4.78 is 44.4. The van der Waals surface area contributed by atoms with Crippen LogP contribution in [-0.4, -0.2) is 32.7 Å². The van der Waals surface area contributed by atoms with E-state index in [1.807, 2.05) is 0 Å². The first-order valence-electron chi connectivity index (χ1n) is 6.27. The number of halogens is 3. The molecular weight excluding hydrogens is 303 g/mol. The van der Waals surface area contributed by atoms with Crippen molar-refractivity contribution in [1.29, 1.82) is 0 Å². The summed E-state index contributed by atoms with van der Waals surface area (Å²) in [4.78, 5) is 11.1. The van der Waals surface area contributed by atoms with Gasteiger partial charge >= 0.3 is 12.1 Å². The molecule has 0 aliphatic heterocycles. The lowest BCUT2D eigenvalue weighted by Crippen LogP contribution is -2.10. The van der Waals surface area contributed by atoms with E-state index in [4.69, 9.17) is 9.84 Å². The quantitative estimate of drug-likeness (QED) is 0.917. The van der Waals surface area contributed by atoms with Gasteiger partial charge in [-0.2, -0.15) is 13.2 Å². The third-order valence-electron chi connectivity index (χ3n) is 2.83. The number of carbonyl (C=O) groups is 1. The Labute approximate surface area is 123 Å². The van der Waals surface area contributed by atoms with Crippen molar-refractivity contribution in [3.8, 4) is 5.69 Å². The molecule has 0 spiro atoms. The normalized spacial score (nSPS) is 11.6. The average molecular weight is 315 g/mol. The van der Waals surface area contributed by atoms with Crippen LogP contribution in [0.25, 0.3) is 5.69 Å². The van der Waals surface area contributed by atoms with Crippen molar-refractivity contribution in [2.75, 3.05) is 6.61 Å². The molecule has 1 heterocycles. The molecule has 22 heavy (non-hydrogen) atoms. The smallest absolute Gasteiger partial charge is 0.416 e. The lowest BCUT2D eigenvalue weighted by atomic mass is 10.2. The van der Waals surface area contributed by atoms with Crippen molar-refractivity contribution in [2.45, 2.75) is 19.7 Å². The number of hydrogen-bond acceptors (Lipinski definition) is 4. The minimum Gasteiger partial charge on any atom is -0.476 e. The second kappa shape index (κ2) is 6.14. The van der Waals surface area contributed by atoms with Gasteiger partial charge in [-0.25, -0.2) is 9.48 Å². The Kier molecular flexibility index (Phi) is 4.45. The highest BCUT2D eigenvalue weighted by Gasteiger charge is 2.31. The number of alkyl halides is 3. The van der Waals surface area contributed by atoms with Crippen LogP contribution in [0.1, 0.15) is 28.7 Å². The molecule has 0 unspecified atom stereocenters. The summed E-state index contributed by atoms with van der Waals surface area (Å²) in [6, 6.07) is 4.38. The molecule has 1 N–H and O–H groups in total. The van der Waals surface area contributed by atoms with Gasteiger partial charge in [0.1, 0.15) is 5.69 Å². The van der Waals surface area contributed by atoms with Gasteiger partial charge in [0.05, 0.1) is 17.9 Å². The second-order valence-corrected chi connectivity index (χ2v) is 4.29. The van der Waals surface area contributed by atoms with Crippen LogP contribution >= 0.6 is 0 Å². The zero-order valence-electron chi connectivity index (χ0n) is 11.5. The first-order valence-corrected chi connectivity index (χ1v) is 6.27. The van der Waals surface area contributed by atoms with Crippen molar-refractivity contribution in [3.05, 3.63) is 41.2 Å². The summed E-state index contributed by atoms with van der Waals surface area (Å²) in [6.45, 7) is 1.90. The second-order valence-electron chi connectivity index (χ2n) is 4.29. The molecule has 2 aromatic rings. The molecule has 0 saturated carbocycles. The van der Waals surface area contributed by atoms with E-state index in [2.05, 4.69) is 10.3 Å². The predicted octanol–water partition coefficient (Wildman–Crippen LogP) is 2.52. The summed E-state index contributed by atoms with van der Waals surface area (Å²) >= 11 is 0. The van der Waals surface area contributed by atoms with Crippen molar-refractivity contribution >= 4 is 5.97 Å². The largest absolute Gasteiger partial charge is 0.476 e. The fourth-order valence-electron chi connectivity index (χ4n) is 1.82. The van der Waals surface area contributed by atoms with E-state index in [0.717, 1.165) is 16.8 Å². The maximum Gasteiger partial charge on any atom is 0.416 e. The number of rotatable bonds is 5. The summed E-state index contributed by atoms with van der Waals surface area (Å²) in [5.74, 6) is -1.33. The number of hydrogen-bond donors (Lipinski definition) is 1. The first-order chi connectivity index (χ1) is 10.3. The van der Waals surface area contributed by atoms with Crippen LogP contribution in [0.3, 0.4) is 0 Å². The maximum atomic E-state index is 12.8. The zero-order valence-corrected chi connectivity index (χ0v) is 11.5. The van der Waals surface area contributed by atoms with E-state index in [9.17, 15) is 18.0 Å². The summed E-state index contributed by atoms with van der Waals surface area (Å²) in [6.07, 6.45) is -4.51. The Bertz CT molecular complexity index is 683. The molecule has 0 atom stereocenters. The lowest BCUT2D eigenvalue weighted by Gasteiger charge is -2.10. The molecule has 1 aromatic heterocycles. The summed E-state index contributed by atoms with van der Waals surface area (Å²) in [5, 5.41) is 16.2. The number of carboxylic acids is 1. The van der Waals surface area contributed by atoms with Crippen LogP contribution in [0.4, 0.5) is 13.2 Å². The standard InChI is InChI=1S/C13H12F3N3O3/c1-2-22-7-10-11(12(20)21)17-18-19(10)9-5-3-4-8(6-9)13(14,15)16/h3-6H,2,7H2,1H3,(H,20,21). The van der Waals surface area contributed by atoms with Crippen LogP contribution in [0.2, 0.25) is 0 Å². The number of benzene rings is 1.